The molecule has 0 amide bonds. The highest BCUT2D eigenvalue weighted by Gasteiger charge is 2.46. The SMILES string of the molecule is N#CC1(c2cc(C=O)ccn2)CC1. The highest BCUT2D eigenvalue weighted by molar-refractivity contribution is 5.74. The number of pyridine rings is 1. The number of aromatic nitrogens is 1. The predicted molar refractivity (Wildman–Crippen MR) is 46.1 cm³/mol. The van der Waals surface area contributed by atoms with Crippen LogP contribution >= 0.6 is 0 Å². The summed E-state index contributed by atoms with van der Waals surface area (Å²) < 4.78 is 0. The highest BCUT2D eigenvalue weighted by atomic mass is 16.1. The first-order chi connectivity index (χ1) is 6.30. The van der Waals surface area contributed by atoms with Gasteiger partial charge in [0.15, 0.2) is 0 Å². The van der Waals surface area contributed by atoms with Gasteiger partial charge in [0.2, 0.25) is 0 Å². The fourth-order valence-electron chi connectivity index (χ4n) is 1.33. The van der Waals surface area contributed by atoms with E-state index in [1.54, 1.807) is 18.3 Å². The molecule has 0 unspecified atom stereocenters. The fraction of sp³-hybridized carbons (Fsp3) is 0.300. The van der Waals surface area contributed by atoms with Crippen LogP contribution in [0.1, 0.15) is 28.9 Å². The maximum atomic E-state index is 10.5. The fourth-order valence-corrected chi connectivity index (χ4v) is 1.33. The molecule has 1 aromatic rings. The molecule has 3 heteroatoms. The molecule has 0 saturated heterocycles. The average molecular weight is 172 g/mol. The Morgan fingerprint density at radius 2 is 2.38 bits per heavy atom. The molecule has 0 radical (unpaired) electrons. The van der Waals surface area contributed by atoms with E-state index < -0.39 is 0 Å². The van der Waals surface area contributed by atoms with E-state index in [1.165, 1.54) is 0 Å². The standard InChI is InChI=1S/C10H8N2O/c11-7-10(2-3-10)9-5-8(6-13)1-4-12-9/h1,4-6H,2-3H2. The monoisotopic (exact) mass is 172 g/mol. The number of hydrogen-bond donors (Lipinski definition) is 0. The van der Waals surface area contributed by atoms with Gasteiger partial charge in [0.25, 0.3) is 0 Å². The van der Waals surface area contributed by atoms with Crippen molar-refractivity contribution in [3.05, 3.63) is 29.6 Å². The summed E-state index contributed by atoms with van der Waals surface area (Å²) in [5.74, 6) is 0. The number of carbonyl (C=O) groups excluding carboxylic acids is 1. The van der Waals surface area contributed by atoms with E-state index in [-0.39, 0.29) is 5.41 Å². The van der Waals surface area contributed by atoms with Crippen molar-refractivity contribution in [2.45, 2.75) is 18.3 Å². The van der Waals surface area contributed by atoms with Gasteiger partial charge in [-0.25, -0.2) is 0 Å². The smallest absolute Gasteiger partial charge is 0.150 e. The minimum atomic E-state index is -0.390. The molecule has 1 aliphatic rings. The molecule has 0 bridgehead atoms. The summed E-state index contributed by atoms with van der Waals surface area (Å²) in [7, 11) is 0. The molecule has 3 nitrogen and oxygen atoms in total. The summed E-state index contributed by atoms with van der Waals surface area (Å²) in [6.07, 6.45) is 4.08. The first-order valence-electron chi connectivity index (χ1n) is 4.14. The van der Waals surface area contributed by atoms with E-state index in [2.05, 4.69) is 11.1 Å². The lowest BCUT2D eigenvalue weighted by atomic mass is 10.0. The molecule has 13 heavy (non-hydrogen) atoms. The lowest BCUT2D eigenvalue weighted by Crippen LogP contribution is -2.05. The van der Waals surface area contributed by atoms with Crippen molar-refractivity contribution in [3.63, 3.8) is 0 Å². The Balaban J connectivity index is 2.42. The quantitative estimate of drug-likeness (QED) is 0.634. The average Bonchev–Trinajstić information content (AvgIpc) is 2.99. The number of carbonyl (C=O) groups is 1. The van der Waals surface area contributed by atoms with Crippen LogP contribution in [-0.4, -0.2) is 11.3 Å². The largest absolute Gasteiger partial charge is 0.298 e. The Bertz CT molecular complexity index is 388. The Hall–Kier alpha value is -1.69. The zero-order valence-corrected chi connectivity index (χ0v) is 7.03. The molecule has 0 aromatic carbocycles. The Morgan fingerprint density at radius 1 is 1.62 bits per heavy atom. The molecule has 0 aliphatic heterocycles. The van der Waals surface area contributed by atoms with Crippen LogP contribution in [0.2, 0.25) is 0 Å². The zero-order chi connectivity index (χ0) is 9.31. The summed E-state index contributed by atoms with van der Waals surface area (Å²) in [4.78, 5) is 14.6. The Morgan fingerprint density at radius 3 is 2.92 bits per heavy atom. The first kappa shape index (κ1) is 7.93. The summed E-state index contributed by atoms with van der Waals surface area (Å²) in [6.45, 7) is 0. The van der Waals surface area contributed by atoms with Crippen molar-refractivity contribution < 1.29 is 4.79 Å². The van der Waals surface area contributed by atoms with Gasteiger partial charge in [0.05, 0.1) is 17.2 Å². The van der Waals surface area contributed by atoms with E-state index in [9.17, 15) is 4.79 Å². The van der Waals surface area contributed by atoms with Crippen LogP contribution in [0.5, 0.6) is 0 Å². The number of rotatable bonds is 2. The van der Waals surface area contributed by atoms with Crippen LogP contribution < -0.4 is 0 Å². The highest BCUT2D eigenvalue weighted by Crippen LogP contribution is 2.46. The van der Waals surface area contributed by atoms with Crippen molar-refractivity contribution >= 4 is 6.29 Å². The molecule has 1 fully saturated rings. The Labute approximate surface area is 76.0 Å². The van der Waals surface area contributed by atoms with E-state index in [4.69, 9.17) is 5.26 Å². The van der Waals surface area contributed by atoms with Gasteiger partial charge in [-0.1, -0.05) is 0 Å². The third-order valence-electron chi connectivity index (χ3n) is 2.37. The third-order valence-corrected chi connectivity index (χ3v) is 2.37. The molecule has 1 heterocycles. The molecule has 0 spiro atoms. The molecule has 2 rings (SSSR count). The molecule has 1 saturated carbocycles. The Kier molecular flexibility index (Phi) is 1.63. The van der Waals surface area contributed by atoms with Crippen molar-refractivity contribution in [2.75, 3.05) is 0 Å². The van der Waals surface area contributed by atoms with Crippen LogP contribution in [0.4, 0.5) is 0 Å². The molecule has 0 N–H and O–H groups in total. The number of hydrogen-bond acceptors (Lipinski definition) is 3. The second-order valence-electron chi connectivity index (χ2n) is 3.29. The summed E-state index contributed by atoms with van der Waals surface area (Å²) in [6, 6.07) is 5.58. The van der Waals surface area contributed by atoms with Gasteiger partial charge < -0.3 is 0 Å². The van der Waals surface area contributed by atoms with Crippen LogP contribution in [0, 0.1) is 11.3 Å². The van der Waals surface area contributed by atoms with Crippen molar-refractivity contribution in [2.24, 2.45) is 0 Å². The van der Waals surface area contributed by atoms with Gasteiger partial charge in [0, 0.05) is 11.8 Å². The number of aldehydes is 1. The van der Waals surface area contributed by atoms with E-state index in [0.717, 1.165) is 24.8 Å². The van der Waals surface area contributed by atoms with Gasteiger partial charge in [-0.3, -0.25) is 9.78 Å². The minimum absolute atomic E-state index is 0.390. The number of nitriles is 1. The normalized spacial score (nSPS) is 17.5. The van der Waals surface area contributed by atoms with Crippen LogP contribution in [0.3, 0.4) is 0 Å². The van der Waals surface area contributed by atoms with Crippen LogP contribution in [-0.2, 0) is 5.41 Å². The topological polar surface area (TPSA) is 53.8 Å². The van der Waals surface area contributed by atoms with Gasteiger partial charge in [-0.05, 0) is 25.0 Å². The second kappa shape index (κ2) is 2.67. The predicted octanol–water partition coefficient (Wildman–Crippen LogP) is 1.45. The maximum Gasteiger partial charge on any atom is 0.150 e. The molecule has 1 aliphatic carbocycles. The van der Waals surface area contributed by atoms with Crippen molar-refractivity contribution in [3.8, 4) is 6.07 Å². The van der Waals surface area contributed by atoms with Gasteiger partial charge >= 0.3 is 0 Å². The zero-order valence-electron chi connectivity index (χ0n) is 7.03. The molecular weight excluding hydrogens is 164 g/mol. The van der Waals surface area contributed by atoms with E-state index in [1.807, 2.05) is 0 Å². The first-order valence-corrected chi connectivity index (χ1v) is 4.14. The van der Waals surface area contributed by atoms with Gasteiger partial charge in [-0.2, -0.15) is 5.26 Å². The number of nitrogens with zero attached hydrogens (tertiary/aromatic N) is 2. The minimum Gasteiger partial charge on any atom is -0.298 e. The summed E-state index contributed by atoms with van der Waals surface area (Å²) in [5.41, 5.74) is 0.935. The molecule has 0 atom stereocenters. The van der Waals surface area contributed by atoms with Crippen molar-refractivity contribution in [1.82, 2.24) is 4.98 Å². The molecule has 64 valence electrons. The van der Waals surface area contributed by atoms with Crippen LogP contribution in [0.15, 0.2) is 18.3 Å². The van der Waals surface area contributed by atoms with Gasteiger partial charge in [0.1, 0.15) is 6.29 Å². The summed E-state index contributed by atoms with van der Waals surface area (Å²) >= 11 is 0. The maximum absolute atomic E-state index is 10.5. The summed E-state index contributed by atoms with van der Waals surface area (Å²) in [5, 5.41) is 8.90. The molecule has 1 aromatic heterocycles. The lowest BCUT2D eigenvalue weighted by molar-refractivity contribution is 0.112. The van der Waals surface area contributed by atoms with E-state index >= 15 is 0 Å². The van der Waals surface area contributed by atoms with Gasteiger partial charge in [-0.15, -0.1) is 0 Å². The van der Waals surface area contributed by atoms with E-state index in [0.29, 0.717) is 5.56 Å². The lowest BCUT2D eigenvalue weighted by Gasteiger charge is -2.03. The van der Waals surface area contributed by atoms with Crippen LogP contribution in [0.25, 0.3) is 0 Å². The van der Waals surface area contributed by atoms with Crippen molar-refractivity contribution in [1.29, 1.82) is 5.26 Å². The molecular formula is C10H8N2O. The second-order valence-corrected chi connectivity index (χ2v) is 3.29. The third kappa shape index (κ3) is 1.20.